The summed E-state index contributed by atoms with van der Waals surface area (Å²) in [5.74, 6) is 0.873. The van der Waals surface area contributed by atoms with Crippen LogP contribution < -0.4 is 3.71 Å². The first-order chi connectivity index (χ1) is 14.1. The second kappa shape index (κ2) is 11.0. The first-order valence-electron chi connectivity index (χ1n) is 12.6. The van der Waals surface area contributed by atoms with Gasteiger partial charge in [-0.2, -0.15) is 0 Å². The quantitative estimate of drug-likeness (QED) is 0.325. The molecule has 29 heavy (non-hydrogen) atoms. The molecule has 1 aromatic heterocycles. The van der Waals surface area contributed by atoms with Gasteiger partial charge in [0.15, 0.2) is 0 Å². The molecule has 1 saturated carbocycles. The number of ether oxygens (including phenoxy) is 1. The van der Waals surface area contributed by atoms with Crippen LogP contribution in [0.15, 0.2) is 0 Å². The van der Waals surface area contributed by atoms with E-state index in [-0.39, 0.29) is 5.60 Å². The first kappa shape index (κ1) is 23.6. The normalized spacial score (nSPS) is 24.8. The van der Waals surface area contributed by atoms with Crippen LogP contribution in [0.25, 0.3) is 0 Å². The molecule has 1 aromatic rings. The fraction of sp³-hybridized carbons (Fsp3) is 0.917. The molecule has 0 radical (unpaired) electrons. The van der Waals surface area contributed by atoms with Crippen molar-refractivity contribution in [1.29, 1.82) is 0 Å². The van der Waals surface area contributed by atoms with Gasteiger partial charge in [0, 0.05) is 0 Å². The van der Waals surface area contributed by atoms with Crippen LogP contribution in [-0.2, 0) is 11.3 Å². The van der Waals surface area contributed by atoms with Crippen molar-refractivity contribution in [2.45, 2.75) is 124 Å². The fourth-order valence-corrected chi connectivity index (χ4v) is 22.3. The maximum absolute atomic E-state index is 6.41. The molecule has 1 aliphatic heterocycles. The number of nitrogens with zero attached hydrogens (tertiary/aromatic N) is 3. The third kappa shape index (κ3) is 5.58. The van der Waals surface area contributed by atoms with E-state index in [9.17, 15) is 0 Å². The van der Waals surface area contributed by atoms with E-state index in [1.165, 1.54) is 93.3 Å². The molecular weight excluding hydrogens is 465 g/mol. The molecule has 2 heterocycles. The fourth-order valence-electron chi connectivity index (χ4n) is 6.00. The van der Waals surface area contributed by atoms with Gasteiger partial charge in [0.05, 0.1) is 0 Å². The van der Waals surface area contributed by atoms with Crippen molar-refractivity contribution in [3.63, 3.8) is 0 Å². The first-order valence-corrected chi connectivity index (χ1v) is 20.1. The summed E-state index contributed by atoms with van der Waals surface area (Å²) in [5, 5.41) is 9.75. The van der Waals surface area contributed by atoms with Gasteiger partial charge in [-0.05, 0) is 0 Å². The van der Waals surface area contributed by atoms with Crippen molar-refractivity contribution in [2.24, 2.45) is 5.92 Å². The second-order valence-electron chi connectivity index (χ2n) is 10.1. The number of hydrogen-bond acceptors (Lipinski definition) is 3. The summed E-state index contributed by atoms with van der Waals surface area (Å²) in [6.45, 7) is 11.2. The molecular formula is C24H45N3OSn. The Labute approximate surface area is 183 Å². The summed E-state index contributed by atoms with van der Waals surface area (Å²) in [4.78, 5) is 0. The van der Waals surface area contributed by atoms with Gasteiger partial charge < -0.3 is 0 Å². The van der Waals surface area contributed by atoms with Gasteiger partial charge >= 0.3 is 184 Å². The Bertz CT molecular complexity index is 598. The topological polar surface area (TPSA) is 39.9 Å². The molecule has 3 rings (SSSR count). The predicted molar refractivity (Wildman–Crippen MR) is 125 cm³/mol. The summed E-state index contributed by atoms with van der Waals surface area (Å²) in [6, 6.07) is 0. The molecule has 0 amide bonds. The predicted octanol–water partition coefficient (Wildman–Crippen LogP) is 5.99. The standard InChI is InChI=1S/C12H18N3O.3C4H9.Sn/c1-10-8-13-14-15(10)9-12-5-2-3-11(7-12)4-6-16-12;3*1-3-4-2;/h11H,2-7,9H2,1H3;3*1,3-4H2,2H3;. The summed E-state index contributed by atoms with van der Waals surface area (Å²) >= 11 is -2.52. The van der Waals surface area contributed by atoms with Gasteiger partial charge in [0.2, 0.25) is 0 Å². The Morgan fingerprint density at radius 1 is 1.03 bits per heavy atom. The molecule has 5 heteroatoms. The number of rotatable bonds is 12. The Balaban J connectivity index is 1.86. The van der Waals surface area contributed by atoms with Gasteiger partial charge in [-0.1, -0.05) is 0 Å². The summed E-state index contributed by atoms with van der Waals surface area (Å²) in [5.41, 5.74) is 1.43. The maximum atomic E-state index is 6.41. The molecule has 0 aromatic carbocycles. The van der Waals surface area contributed by atoms with Crippen molar-refractivity contribution in [3.8, 4) is 0 Å². The van der Waals surface area contributed by atoms with Crippen LogP contribution in [0.4, 0.5) is 0 Å². The average molecular weight is 510 g/mol. The molecule has 166 valence electrons. The van der Waals surface area contributed by atoms with E-state index in [0.717, 1.165) is 19.1 Å². The van der Waals surface area contributed by atoms with Crippen molar-refractivity contribution in [1.82, 2.24) is 15.0 Å². The van der Waals surface area contributed by atoms with E-state index < -0.39 is 18.4 Å². The third-order valence-electron chi connectivity index (χ3n) is 7.79. The molecule has 2 bridgehead atoms. The van der Waals surface area contributed by atoms with Crippen molar-refractivity contribution in [2.75, 3.05) is 6.61 Å². The third-order valence-corrected chi connectivity index (χ3v) is 23.2. The number of hydrogen-bond donors (Lipinski definition) is 0. The van der Waals surface area contributed by atoms with Crippen LogP contribution in [0, 0.1) is 12.8 Å². The molecule has 1 saturated heterocycles. The minimum atomic E-state index is -2.52. The van der Waals surface area contributed by atoms with E-state index in [2.05, 4.69) is 32.4 Å². The van der Waals surface area contributed by atoms with Crippen LogP contribution >= 0.6 is 0 Å². The van der Waals surface area contributed by atoms with Crippen molar-refractivity contribution in [3.05, 3.63) is 5.69 Å². The zero-order valence-corrected chi connectivity index (χ0v) is 22.5. The van der Waals surface area contributed by atoms with E-state index in [4.69, 9.17) is 15.0 Å². The van der Waals surface area contributed by atoms with Gasteiger partial charge in [0.25, 0.3) is 0 Å². The monoisotopic (exact) mass is 511 g/mol. The van der Waals surface area contributed by atoms with Crippen LogP contribution in [0.2, 0.25) is 13.3 Å². The van der Waals surface area contributed by atoms with Crippen LogP contribution in [0.3, 0.4) is 0 Å². The molecule has 2 atom stereocenters. The Morgan fingerprint density at radius 2 is 1.69 bits per heavy atom. The van der Waals surface area contributed by atoms with Gasteiger partial charge in [-0.3, -0.25) is 0 Å². The summed E-state index contributed by atoms with van der Waals surface area (Å²) < 4.78 is 14.6. The Morgan fingerprint density at radius 3 is 2.31 bits per heavy atom. The number of fused-ring (bicyclic) bond motifs is 2. The van der Waals surface area contributed by atoms with Crippen molar-refractivity contribution < 1.29 is 4.74 Å². The minimum absolute atomic E-state index is 0.0331. The zero-order valence-electron chi connectivity index (χ0n) is 19.6. The van der Waals surface area contributed by atoms with Crippen LogP contribution in [-0.4, -0.2) is 45.6 Å². The Hall–Kier alpha value is -0.101. The molecule has 0 N–H and O–H groups in total. The van der Waals surface area contributed by atoms with Crippen LogP contribution in [0.1, 0.15) is 97.1 Å². The molecule has 0 spiro atoms. The summed E-state index contributed by atoms with van der Waals surface area (Å²) in [6.07, 6.45) is 14.5. The van der Waals surface area contributed by atoms with E-state index >= 15 is 0 Å². The molecule has 2 unspecified atom stereocenters. The molecule has 1 aliphatic carbocycles. The SMILES string of the molecule is CCC[CH2][Sn]([CH2]CCC)([CH2]CCC)[c]1nnn(CC23CCCC(CCO2)C3)c1C. The van der Waals surface area contributed by atoms with Gasteiger partial charge in [-0.25, -0.2) is 0 Å². The van der Waals surface area contributed by atoms with E-state index in [1.54, 1.807) is 0 Å². The van der Waals surface area contributed by atoms with Gasteiger partial charge in [-0.15, -0.1) is 0 Å². The summed E-state index contributed by atoms with van der Waals surface area (Å²) in [7, 11) is 0. The van der Waals surface area contributed by atoms with E-state index in [0.29, 0.717) is 0 Å². The van der Waals surface area contributed by atoms with Gasteiger partial charge in [0.1, 0.15) is 0 Å². The number of unbranched alkanes of at least 4 members (excludes halogenated alkanes) is 3. The Kier molecular flexibility index (Phi) is 8.91. The zero-order chi connectivity index (χ0) is 20.7. The van der Waals surface area contributed by atoms with Crippen molar-refractivity contribution >= 4 is 22.1 Å². The molecule has 4 nitrogen and oxygen atoms in total. The van der Waals surface area contributed by atoms with Crippen LogP contribution in [0.5, 0.6) is 0 Å². The molecule has 2 fully saturated rings. The van der Waals surface area contributed by atoms with E-state index in [1.807, 2.05) is 0 Å². The average Bonchev–Trinajstić information content (AvgIpc) is 3.08. The molecule has 2 aliphatic rings. The number of aromatic nitrogens is 3. The second-order valence-corrected chi connectivity index (χ2v) is 23.0.